The molecule has 2 amide bonds. The second-order valence-electron chi connectivity index (χ2n) is 7.82. The van der Waals surface area contributed by atoms with E-state index in [4.69, 9.17) is 21.7 Å². The molecule has 180 valence electrons. The number of thioether (sulfide) groups is 1. The Labute approximate surface area is 210 Å². The van der Waals surface area contributed by atoms with Gasteiger partial charge in [-0.25, -0.2) is 0 Å². The zero-order chi connectivity index (χ0) is 24.5. The maximum Gasteiger partial charge on any atom is 0.266 e. The molecule has 0 aromatic heterocycles. The third-order valence-corrected chi connectivity index (χ3v) is 6.91. The van der Waals surface area contributed by atoms with Crippen LogP contribution in [0.25, 0.3) is 6.08 Å². The first-order valence-corrected chi connectivity index (χ1v) is 12.5. The third-order valence-electron chi connectivity index (χ3n) is 5.54. The largest absolute Gasteiger partial charge is 0.493 e. The van der Waals surface area contributed by atoms with Crippen LogP contribution >= 0.6 is 24.0 Å². The molecule has 0 bridgehead atoms. The van der Waals surface area contributed by atoms with Crippen LogP contribution in [0.1, 0.15) is 43.7 Å². The first-order valence-electron chi connectivity index (χ1n) is 11.3. The van der Waals surface area contributed by atoms with Crippen molar-refractivity contribution in [1.29, 1.82) is 0 Å². The summed E-state index contributed by atoms with van der Waals surface area (Å²) < 4.78 is 11.2. The number of benzene rings is 2. The summed E-state index contributed by atoms with van der Waals surface area (Å²) in [5, 5.41) is 3.00. The fourth-order valence-electron chi connectivity index (χ4n) is 3.68. The molecule has 1 aliphatic heterocycles. The number of thiocarbonyl (C=S) groups is 1. The third kappa shape index (κ3) is 6.61. The molecule has 1 heterocycles. The number of carbonyl (C=O) groups is 2. The number of nitrogens with zero attached hydrogens (tertiary/aromatic N) is 1. The van der Waals surface area contributed by atoms with E-state index in [1.54, 1.807) is 19.1 Å². The summed E-state index contributed by atoms with van der Waals surface area (Å²) in [6.07, 6.45) is 5.54. The molecule has 0 aliphatic carbocycles. The predicted molar refractivity (Wildman–Crippen MR) is 142 cm³/mol. The Balaban J connectivity index is 1.47. The molecule has 0 spiro atoms. The summed E-state index contributed by atoms with van der Waals surface area (Å²) in [6, 6.07) is 13.4. The first kappa shape index (κ1) is 25.8. The highest BCUT2D eigenvalue weighted by atomic mass is 32.2. The number of methoxy groups -OCH3 is 2. The molecule has 6 nitrogen and oxygen atoms in total. The van der Waals surface area contributed by atoms with Gasteiger partial charge in [-0.1, -0.05) is 61.6 Å². The molecular weight excluding hydrogens is 468 g/mol. The summed E-state index contributed by atoms with van der Waals surface area (Å²) in [6.45, 7) is 2.62. The summed E-state index contributed by atoms with van der Waals surface area (Å²) in [5.74, 6) is 1.17. The molecule has 2 aromatic rings. The lowest BCUT2D eigenvalue weighted by Crippen LogP contribution is -2.29. The van der Waals surface area contributed by atoms with Crippen LogP contribution in [-0.2, 0) is 16.0 Å². The van der Waals surface area contributed by atoms with Gasteiger partial charge in [0, 0.05) is 18.7 Å². The molecule has 8 heteroatoms. The number of hydrogen-bond acceptors (Lipinski definition) is 6. The number of carbonyl (C=O) groups excluding carboxylic acids is 2. The number of hydrogen-bond donors (Lipinski definition) is 1. The summed E-state index contributed by atoms with van der Waals surface area (Å²) >= 11 is 6.74. The van der Waals surface area contributed by atoms with Crippen LogP contribution in [0.2, 0.25) is 0 Å². The van der Waals surface area contributed by atoms with E-state index in [0.717, 1.165) is 42.5 Å². The molecule has 34 heavy (non-hydrogen) atoms. The molecule has 1 aliphatic rings. The number of anilines is 1. The number of amides is 2. The van der Waals surface area contributed by atoms with Crippen molar-refractivity contribution < 1.29 is 19.1 Å². The number of ether oxygens (including phenoxy) is 2. The summed E-state index contributed by atoms with van der Waals surface area (Å²) in [5.41, 5.74) is 2.86. The van der Waals surface area contributed by atoms with E-state index >= 15 is 0 Å². The van der Waals surface area contributed by atoms with Gasteiger partial charge in [-0.2, -0.15) is 0 Å². The van der Waals surface area contributed by atoms with Gasteiger partial charge in [0.25, 0.3) is 5.91 Å². The molecule has 0 unspecified atom stereocenters. The van der Waals surface area contributed by atoms with E-state index in [2.05, 4.69) is 12.2 Å². The Hall–Kier alpha value is -2.84. The molecular formula is C26H30N2O4S2. The highest BCUT2D eigenvalue weighted by Gasteiger charge is 2.31. The number of unbranched alkanes of at least 4 members (excludes halogenated alkanes) is 2. The second kappa shape index (κ2) is 12.6. The van der Waals surface area contributed by atoms with Crippen LogP contribution in [0.4, 0.5) is 5.69 Å². The number of para-hydroxylation sites is 1. The van der Waals surface area contributed by atoms with Crippen LogP contribution in [0, 0.1) is 0 Å². The normalized spacial score (nSPS) is 14.6. The fourth-order valence-corrected chi connectivity index (χ4v) is 4.99. The van der Waals surface area contributed by atoms with E-state index in [0.29, 0.717) is 33.7 Å². The van der Waals surface area contributed by atoms with Gasteiger partial charge in [0.15, 0.2) is 11.5 Å². The van der Waals surface area contributed by atoms with Gasteiger partial charge in [0.1, 0.15) is 4.32 Å². The summed E-state index contributed by atoms with van der Waals surface area (Å²) in [7, 11) is 3.16. The van der Waals surface area contributed by atoms with Crippen molar-refractivity contribution in [3.63, 3.8) is 0 Å². The standard InChI is InChI=1S/C26H30N2O4S2/c1-4-19-10-7-8-11-20(19)27-24(29)12-6-5-9-15-28-25(30)23(34-26(28)33)17-18-13-14-21(31-2)22(16-18)32-3/h7-8,10-11,13-14,16-17H,4-6,9,12,15H2,1-3H3,(H,27,29). The Morgan fingerprint density at radius 1 is 1.09 bits per heavy atom. The Bertz CT molecular complexity index is 1080. The van der Waals surface area contributed by atoms with Crippen molar-refractivity contribution in [3.05, 3.63) is 58.5 Å². The Morgan fingerprint density at radius 2 is 1.85 bits per heavy atom. The predicted octanol–water partition coefficient (Wildman–Crippen LogP) is 5.67. The first-order chi connectivity index (χ1) is 16.5. The van der Waals surface area contributed by atoms with E-state index in [1.165, 1.54) is 11.8 Å². The fraction of sp³-hybridized carbons (Fsp3) is 0.346. The smallest absolute Gasteiger partial charge is 0.266 e. The highest BCUT2D eigenvalue weighted by molar-refractivity contribution is 8.26. The lowest BCUT2D eigenvalue weighted by molar-refractivity contribution is -0.122. The highest BCUT2D eigenvalue weighted by Crippen LogP contribution is 2.34. The monoisotopic (exact) mass is 498 g/mol. The zero-order valence-electron chi connectivity index (χ0n) is 19.8. The number of rotatable bonds is 11. The molecule has 2 aromatic carbocycles. The van der Waals surface area contributed by atoms with Crippen molar-refractivity contribution >= 4 is 51.9 Å². The van der Waals surface area contributed by atoms with E-state index in [-0.39, 0.29) is 11.8 Å². The maximum absolute atomic E-state index is 12.9. The van der Waals surface area contributed by atoms with E-state index < -0.39 is 0 Å². The van der Waals surface area contributed by atoms with Crippen molar-refractivity contribution in [3.8, 4) is 11.5 Å². The van der Waals surface area contributed by atoms with Crippen molar-refractivity contribution in [2.45, 2.75) is 39.0 Å². The summed E-state index contributed by atoms with van der Waals surface area (Å²) in [4.78, 5) is 27.4. The number of nitrogens with one attached hydrogen (secondary N) is 1. The average molecular weight is 499 g/mol. The van der Waals surface area contributed by atoms with Crippen LogP contribution in [0.15, 0.2) is 47.4 Å². The van der Waals surface area contributed by atoms with Crippen molar-refractivity contribution in [2.75, 3.05) is 26.1 Å². The minimum Gasteiger partial charge on any atom is -0.493 e. The van der Waals surface area contributed by atoms with Crippen LogP contribution in [-0.4, -0.2) is 41.8 Å². The van der Waals surface area contributed by atoms with Crippen molar-refractivity contribution in [2.24, 2.45) is 0 Å². The van der Waals surface area contributed by atoms with Gasteiger partial charge in [0.05, 0.1) is 19.1 Å². The van der Waals surface area contributed by atoms with Gasteiger partial charge >= 0.3 is 0 Å². The minimum absolute atomic E-state index is 0.0179. The van der Waals surface area contributed by atoms with Gasteiger partial charge in [-0.15, -0.1) is 0 Å². The molecule has 0 radical (unpaired) electrons. The average Bonchev–Trinajstić information content (AvgIpc) is 3.11. The van der Waals surface area contributed by atoms with Crippen LogP contribution in [0.3, 0.4) is 0 Å². The zero-order valence-corrected chi connectivity index (χ0v) is 21.4. The molecule has 1 saturated heterocycles. The lowest BCUT2D eigenvalue weighted by atomic mass is 10.1. The topological polar surface area (TPSA) is 67.9 Å². The van der Waals surface area contributed by atoms with Gasteiger partial charge in [-0.05, 0) is 54.7 Å². The van der Waals surface area contributed by atoms with Crippen molar-refractivity contribution in [1.82, 2.24) is 4.90 Å². The number of aryl methyl sites for hydroxylation is 1. The quantitative estimate of drug-likeness (QED) is 0.245. The second-order valence-corrected chi connectivity index (χ2v) is 9.49. The van der Waals surface area contributed by atoms with Gasteiger partial charge < -0.3 is 14.8 Å². The molecule has 1 N–H and O–H groups in total. The van der Waals surface area contributed by atoms with E-state index in [1.807, 2.05) is 48.5 Å². The van der Waals surface area contributed by atoms with E-state index in [9.17, 15) is 9.59 Å². The molecule has 0 saturated carbocycles. The lowest BCUT2D eigenvalue weighted by Gasteiger charge is -2.14. The SMILES string of the molecule is CCc1ccccc1NC(=O)CCCCCN1C(=O)C(=Cc2ccc(OC)c(OC)c2)SC1=S. The Kier molecular flexibility index (Phi) is 9.53. The maximum atomic E-state index is 12.9. The molecule has 0 atom stereocenters. The van der Waals surface area contributed by atoms with Gasteiger partial charge in [0.2, 0.25) is 5.91 Å². The van der Waals surface area contributed by atoms with Gasteiger partial charge in [-0.3, -0.25) is 14.5 Å². The van der Waals surface area contributed by atoms with Crippen LogP contribution in [0.5, 0.6) is 11.5 Å². The van der Waals surface area contributed by atoms with Crippen LogP contribution < -0.4 is 14.8 Å². The minimum atomic E-state index is -0.0845. The Morgan fingerprint density at radius 3 is 2.59 bits per heavy atom. The molecule has 1 fully saturated rings. The molecule has 3 rings (SSSR count).